The molecule has 3 heterocycles. The summed E-state index contributed by atoms with van der Waals surface area (Å²) in [7, 11) is 2.18. The van der Waals surface area contributed by atoms with Gasteiger partial charge in [0.25, 0.3) is 0 Å². The molecule has 0 bridgehead atoms. The molecule has 0 aromatic carbocycles. The molecule has 150 valence electrons. The number of nitrogens with zero attached hydrogens (tertiary/aromatic N) is 5. The van der Waals surface area contributed by atoms with Crippen molar-refractivity contribution >= 4 is 23.5 Å². The molecule has 27 heavy (non-hydrogen) atoms. The summed E-state index contributed by atoms with van der Waals surface area (Å²) in [5.74, 6) is 3.31. The van der Waals surface area contributed by atoms with Gasteiger partial charge in [0.1, 0.15) is 5.82 Å². The second-order valence-electron chi connectivity index (χ2n) is 7.33. The van der Waals surface area contributed by atoms with Crippen LogP contribution >= 0.6 is 11.8 Å². The molecule has 7 heteroatoms. The minimum Gasteiger partial charge on any atom is -0.357 e. The molecule has 1 unspecified atom stereocenters. The molecule has 0 spiro atoms. The minimum absolute atomic E-state index is 0.679. The number of aliphatic imine (C=N–C) groups is 1. The number of anilines is 1. The Morgan fingerprint density at radius 2 is 2.04 bits per heavy atom. The Hall–Kier alpha value is -1.47. The van der Waals surface area contributed by atoms with Crippen molar-refractivity contribution in [3.63, 3.8) is 0 Å². The third-order valence-electron chi connectivity index (χ3n) is 5.28. The van der Waals surface area contributed by atoms with E-state index in [0.29, 0.717) is 11.8 Å². The molecule has 0 radical (unpaired) electrons. The Bertz CT molecular complexity index is 597. The highest BCUT2D eigenvalue weighted by molar-refractivity contribution is 8.00. The van der Waals surface area contributed by atoms with Crippen molar-refractivity contribution in [2.45, 2.75) is 32.1 Å². The van der Waals surface area contributed by atoms with E-state index in [9.17, 15) is 0 Å². The minimum atomic E-state index is 0.679. The number of guanidine groups is 1. The number of piperazine rings is 1. The zero-order chi connectivity index (χ0) is 19.1. The lowest BCUT2D eigenvalue weighted by atomic mass is 10.2. The quantitative estimate of drug-likeness (QED) is 0.614. The predicted octanol–water partition coefficient (Wildman–Crippen LogP) is 2.13. The molecule has 3 rings (SSSR count). The largest absolute Gasteiger partial charge is 0.357 e. The fourth-order valence-corrected chi connectivity index (χ4v) is 4.66. The lowest BCUT2D eigenvalue weighted by molar-refractivity contribution is 0.312. The van der Waals surface area contributed by atoms with Gasteiger partial charge in [-0.2, -0.15) is 11.8 Å². The van der Waals surface area contributed by atoms with Crippen LogP contribution in [0.25, 0.3) is 0 Å². The molecule has 2 saturated heterocycles. The molecule has 2 fully saturated rings. The van der Waals surface area contributed by atoms with E-state index in [0.717, 1.165) is 57.6 Å². The first kappa shape index (κ1) is 20.3. The summed E-state index contributed by atoms with van der Waals surface area (Å²) in [5.41, 5.74) is 1.17. The summed E-state index contributed by atoms with van der Waals surface area (Å²) >= 11 is 2.09. The van der Waals surface area contributed by atoms with Crippen LogP contribution in [0.2, 0.25) is 0 Å². The van der Waals surface area contributed by atoms with Gasteiger partial charge in [0, 0.05) is 63.0 Å². The van der Waals surface area contributed by atoms with Crippen LogP contribution in [0.4, 0.5) is 5.82 Å². The summed E-state index contributed by atoms with van der Waals surface area (Å²) in [6.07, 6.45) is 3.21. The van der Waals surface area contributed by atoms with Gasteiger partial charge in [-0.25, -0.2) is 9.98 Å². The number of likely N-dealkylation sites (N-methyl/N-ethyl adjacent to an activating group) is 1. The van der Waals surface area contributed by atoms with Crippen molar-refractivity contribution in [1.29, 1.82) is 0 Å². The fourth-order valence-electron chi connectivity index (χ4n) is 3.48. The van der Waals surface area contributed by atoms with Crippen LogP contribution in [0.5, 0.6) is 0 Å². The van der Waals surface area contributed by atoms with Crippen LogP contribution in [0, 0.1) is 0 Å². The first-order valence-corrected chi connectivity index (χ1v) is 11.3. The lowest BCUT2D eigenvalue weighted by Crippen LogP contribution is -2.48. The molecule has 6 nitrogen and oxygen atoms in total. The van der Waals surface area contributed by atoms with Gasteiger partial charge in [-0.1, -0.05) is 13.0 Å². The van der Waals surface area contributed by atoms with Crippen LogP contribution in [0.3, 0.4) is 0 Å². The van der Waals surface area contributed by atoms with Crippen LogP contribution in [0.1, 0.15) is 25.8 Å². The maximum atomic E-state index is 4.89. The van der Waals surface area contributed by atoms with Crippen LogP contribution in [-0.4, -0.2) is 84.6 Å². The molecular formula is C20H34N6S. The van der Waals surface area contributed by atoms with Crippen molar-refractivity contribution < 1.29 is 0 Å². The van der Waals surface area contributed by atoms with Crippen LogP contribution in [0.15, 0.2) is 23.3 Å². The molecule has 0 amide bonds. The van der Waals surface area contributed by atoms with E-state index in [2.05, 4.69) is 69.8 Å². The molecule has 1 N–H and O–H groups in total. The van der Waals surface area contributed by atoms with Gasteiger partial charge >= 0.3 is 0 Å². The summed E-state index contributed by atoms with van der Waals surface area (Å²) in [6, 6.07) is 4.32. The SMILES string of the molecule is CCNC(=NCc1ccc(N2CCN(C)CC2)nc1)N1CCSC(CC)C1. The van der Waals surface area contributed by atoms with Crippen molar-refractivity contribution in [2.24, 2.45) is 4.99 Å². The van der Waals surface area contributed by atoms with E-state index >= 15 is 0 Å². The topological polar surface area (TPSA) is 47.0 Å². The standard InChI is InChI=1S/C20H34N6S/c1-4-18-16-26(12-13-27-18)20(21-5-2)23-15-17-6-7-19(22-14-17)25-10-8-24(3)9-11-25/h6-7,14,18H,4-5,8-13,15-16H2,1-3H3,(H,21,23). The second-order valence-corrected chi connectivity index (χ2v) is 8.74. The third kappa shape index (κ3) is 5.75. The molecule has 2 aliphatic rings. The summed E-state index contributed by atoms with van der Waals surface area (Å²) in [5, 5.41) is 4.18. The first-order valence-electron chi connectivity index (χ1n) is 10.2. The Morgan fingerprint density at radius 3 is 2.70 bits per heavy atom. The first-order chi connectivity index (χ1) is 13.2. The average Bonchev–Trinajstić information content (AvgIpc) is 2.72. The molecule has 1 aromatic heterocycles. The number of rotatable bonds is 5. The summed E-state index contributed by atoms with van der Waals surface area (Å²) in [6.45, 7) is 12.5. The van der Waals surface area contributed by atoms with Crippen molar-refractivity contribution in [3.05, 3.63) is 23.9 Å². The van der Waals surface area contributed by atoms with Crippen molar-refractivity contribution in [1.82, 2.24) is 20.1 Å². The average molecular weight is 391 g/mol. The van der Waals surface area contributed by atoms with Gasteiger partial charge in [0.15, 0.2) is 5.96 Å². The number of hydrogen-bond donors (Lipinski definition) is 1. The van der Waals surface area contributed by atoms with Crippen LogP contribution in [-0.2, 0) is 6.54 Å². The maximum Gasteiger partial charge on any atom is 0.194 e. The maximum absolute atomic E-state index is 4.89. The highest BCUT2D eigenvalue weighted by Crippen LogP contribution is 2.21. The predicted molar refractivity (Wildman–Crippen MR) is 117 cm³/mol. The molecule has 1 aromatic rings. The van der Waals surface area contributed by atoms with Gasteiger partial charge in [-0.3, -0.25) is 0 Å². The molecule has 2 aliphatic heterocycles. The Balaban J connectivity index is 1.60. The van der Waals surface area contributed by atoms with E-state index in [1.807, 2.05) is 6.20 Å². The Kier molecular flexibility index (Phi) is 7.64. The van der Waals surface area contributed by atoms with Gasteiger partial charge in [-0.15, -0.1) is 0 Å². The van der Waals surface area contributed by atoms with E-state index in [4.69, 9.17) is 4.99 Å². The number of nitrogens with one attached hydrogen (secondary N) is 1. The zero-order valence-corrected chi connectivity index (χ0v) is 17.8. The fraction of sp³-hybridized carbons (Fsp3) is 0.700. The number of thioether (sulfide) groups is 1. The number of hydrogen-bond acceptors (Lipinski definition) is 5. The highest BCUT2D eigenvalue weighted by atomic mass is 32.2. The third-order valence-corrected chi connectivity index (χ3v) is 6.65. The lowest BCUT2D eigenvalue weighted by Gasteiger charge is -2.34. The number of pyridine rings is 1. The van der Waals surface area contributed by atoms with Crippen LogP contribution < -0.4 is 10.2 Å². The molecule has 0 aliphatic carbocycles. The highest BCUT2D eigenvalue weighted by Gasteiger charge is 2.21. The van der Waals surface area contributed by atoms with Gasteiger partial charge < -0.3 is 20.0 Å². The van der Waals surface area contributed by atoms with Crippen molar-refractivity contribution in [2.75, 3.05) is 63.5 Å². The monoisotopic (exact) mass is 390 g/mol. The molecule has 1 atom stereocenters. The van der Waals surface area contributed by atoms with E-state index < -0.39 is 0 Å². The zero-order valence-electron chi connectivity index (χ0n) is 17.0. The molecule has 0 saturated carbocycles. The van der Waals surface area contributed by atoms with Gasteiger partial charge in [-0.05, 0) is 32.0 Å². The van der Waals surface area contributed by atoms with E-state index in [1.54, 1.807) is 0 Å². The Morgan fingerprint density at radius 1 is 1.22 bits per heavy atom. The van der Waals surface area contributed by atoms with E-state index in [1.165, 1.54) is 17.7 Å². The van der Waals surface area contributed by atoms with E-state index in [-0.39, 0.29) is 0 Å². The summed E-state index contributed by atoms with van der Waals surface area (Å²) < 4.78 is 0. The normalized spacial score (nSPS) is 22.2. The Labute approximate surface area is 168 Å². The van der Waals surface area contributed by atoms with Gasteiger partial charge in [0.2, 0.25) is 0 Å². The summed E-state index contributed by atoms with van der Waals surface area (Å²) in [4.78, 5) is 16.7. The molecular weight excluding hydrogens is 356 g/mol. The van der Waals surface area contributed by atoms with Crippen molar-refractivity contribution in [3.8, 4) is 0 Å². The second kappa shape index (κ2) is 10.2. The van der Waals surface area contributed by atoms with Gasteiger partial charge in [0.05, 0.1) is 6.54 Å². The smallest absolute Gasteiger partial charge is 0.194 e. The number of aromatic nitrogens is 1.